The number of halogens is 1. The van der Waals surface area contributed by atoms with Gasteiger partial charge in [0.15, 0.2) is 0 Å². The van der Waals surface area contributed by atoms with Crippen LogP contribution >= 0.6 is 11.6 Å². The van der Waals surface area contributed by atoms with Gasteiger partial charge < -0.3 is 4.90 Å². The molecule has 104 valence electrons. The molecular formula is C14H20ClN2O2+. The summed E-state index contributed by atoms with van der Waals surface area (Å²) < 4.78 is 0. The molecule has 1 fully saturated rings. The lowest BCUT2D eigenvalue weighted by atomic mass is 10.1. The van der Waals surface area contributed by atoms with Gasteiger partial charge in [0.25, 0.3) is 5.69 Å². The lowest BCUT2D eigenvalue weighted by molar-refractivity contribution is -0.915. The Hall–Kier alpha value is -1.13. The topological polar surface area (TPSA) is 47.6 Å². The first-order valence-electron chi connectivity index (χ1n) is 6.86. The van der Waals surface area contributed by atoms with Gasteiger partial charge in [0.1, 0.15) is 6.54 Å². The summed E-state index contributed by atoms with van der Waals surface area (Å²) >= 11 is 6.16. The van der Waals surface area contributed by atoms with Crippen molar-refractivity contribution in [3.05, 3.63) is 38.9 Å². The molecular weight excluding hydrogens is 264 g/mol. The van der Waals surface area contributed by atoms with Gasteiger partial charge in [-0.25, -0.2) is 0 Å². The second-order valence-electron chi connectivity index (χ2n) is 5.36. The van der Waals surface area contributed by atoms with Gasteiger partial charge in [0.05, 0.1) is 18.0 Å². The molecule has 2 rings (SSSR count). The minimum Gasteiger partial charge on any atom is -0.331 e. The molecule has 1 atom stereocenters. The van der Waals surface area contributed by atoms with Crippen LogP contribution in [-0.4, -0.2) is 18.0 Å². The van der Waals surface area contributed by atoms with Crippen molar-refractivity contribution in [3.63, 3.8) is 0 Å². The zero-order valence-corrected chi connectivity index (χ0v) is 11.9. The molecule has 1 aromatic carbocycles. The van der Waals surface area contributed by atoms with E-state index in [1.165, 1.54) is 23.8 Å². The van der Waals surface area contributed by atoms with E-state index in [0.717, 1.165) is 37.5 Å². The standard InChI is InChI=1S/C14H19ClN2O2/c1-2-7-16(9-11-3-4-11)10-12-8-13(17(18)19)5-6-14(12)15/h5-6,8,11H,2-4,7,9-10H2,1H3/p+1. The molecule has 0 aromatic heterocycles. The molecule has 1 aliphatic rings. The predicted octanol–water partition coefficient (Wildman–Crippen LogP) is 2.45. The zero-order valence-electron chi connectivity index (χ0n) is 11.2. The molecule has 1 saturated carbocycles. The van der Waals surface area contributed by atoms with Gasteiger partial charge in [0.2, 0.25) is 0 Å². The molecule has 0 saturated heterocycles. The van der Waals surface area contributed by atoms with Crippen LogP contribution in [0.3, 0.4) is 0 Å². The Bertz CT molecular complexity index is 461. The first kappa shape index (κ1) is 14.3. The van der Waals surface area contributed by atoms with Gasteiger partial charge in [-0.15, -0.1) is 0 Å². The molecule has 0 spiro atoms. The van der Waals surface area contributed by atoms with Gasteiger partial charge in [-0.1, -0.05) is 18.5 Å². The number of nitrogens with zero attached hydrogens (tertiary/aromatic N) is 1. The molecule has 1 aliphatic carbocycles. The second-order valence-corrected chi connectivity index (χ2v) is 5.76. The van der Waals surface area contributed by atoms with E-state index in [-0.39, 0.29) is 10.6 Å². The normalized spacial score (nSPS) is 16.3. The first-order chi connectivity index (χ1) is 9.10. The van der Waals surface area contributed by atoms with Crippen LogP contribution in [0.15, 0.2) is 18.2 Å². The monoisotopic (exact) mass is 283 g/mol. The summed E-state index contributed by atoms with van der Waals surface area (Å²) in [5.74, 6) is 0.846. The molecule has 1 N–H and O–H groups in total. The highest BCUT2D eigenvalue weighted by molar-refractivity contribution is 6.31. The number of non-ortho nitro benzene ring substituents is 1. The number of quaternary nitrogens is 1. The van der Waals surface area contributed by atoms with Crippen molar-refractivity contribution in [3.8, 4) is 0 Å². The Labute approximate surface area is 118 Å². The maximum absolute atomic E-state index is 10.8. The average molecular weight is 284 g/mol. The third-order valence-electron chi connectivity index (χ3n) is 3.56. The summed E-state index contributed by atoms with van der Waals surface area (Å²) in [5.41, 5.74) is 1.02. The summed E-state index contributed by atoms with van der Waals surface area (Å²) in [4.78, 5) is 11.9. The van der Waals surface area contributed by atoms with E-state index >= 15 is 0 Å². The Morgan fingerprint density at radius 3 is 2.79 bits per heavy atom. The van der Waals surface area contributed by atoms with E-state index in [9.17, 15) is 10.1 Å². The van der Waals surface area contributed by atoms with Crippen LogP contribution in [0.4, 0.5) is 5.69 Å². The van der Waals surface area contributed by atoms with Crippen molar-refractivity contribution < 1.29 is 9.82 Å². The highest BCUT2D eigenvalue weighted by Gasteiger charge is 2.27. The molecule has 0 aliphatic heterocycles. The summed E-state index contributed by atoms with van der Waals surface area (Å²) in [5, 5.41) is 11.5. The van der Waals surface area contributed by atoms with Crippen LogP contribution in [0.1, 0.15) is 31.7 Å². The van der Waals surface area contributed by atoms with E-state index in [1.807, 2.05) is 0 Å². The summed E-state index contributed by atoms with van der Waals surface area (Å²) in [7, 11) is 0. The Kier molecular flexibility index (Phi) is 4.77. The quantitative estimate of drug-likeness (QED) is 0.617. The van der Waals surface area contributed by atoms with Gasteiger partial charge in [0, 0.05) is 28.6 Å². The zero-order chi connectivity index (χ0) is 13.8. The third-order valence-corrected chi connectivity index (χ3v) is 3.93. The molecule has 0 amide bonds. The third kappa shape index (κ3) is 4.18. The number of rotatable bonds is 7. The molecule has 4 nitrogen and oxygen atoms in total. The van der Waals surface area contributed by atoms with Crippen molar-refractivity contribution in [2.24, 2.45) is 5.92 Å². The van der Waals surface area contributed by atoms with E-state index in [4.69, 9.17) is 11.6 Å². The predicted molar refractivity (Wildman–Crippen MR) is 75.5 cm³/mol. The number of benzene rings is 1. The fourth-order valence-electron chi connectivity index (χ4n) is 2.43. The van der Waals surface area contributed by atoms with E-state index < -0.39 is 0 Å². The van der Waals surface area contributed by atoms with Gasteiger partial charge in [-0.2, -0.15) is 0 Å². The van der Waals surface area contributed by atoms with Crippen molar-refractivity contribution in [1.29, 1.82) is 0 Å². The Morgan fingerprint density at radius 2 is 2.21 bits per heavy atom. The first-order valence-corrected chi connectivity index (χ1v) is 7.24. The molecule has 1 aromatic rings. The molecule has 0 heterocycles. The molecule has 19 heavy (non-hydrogen) atoms. The van der Waals surface area contributed by atoms with Crippen LogP contribution in [0, 0.1) is 16.0 Å². The van der Waals surface area contributed by atoms with Crippen LogP contribution in [-0.2, 0) is 6.54 Å². The Balaban J connectivity index is 2.09. The van der Waals surface area contributed by atoms with Crippen LogP contribution in [0.25, 0.3) is 0 Å². The lowest BCUT2D eigenvalue weighted by Crippen LogP contribution is -3.11. The number of nitrogens with one attached hydrogen (secondary N) is 1. The lowest BCUT2D eigenvalue weighted by Gasteiger charge is -2.19. The largest absolute Gasteiger partial charge is 0.331 e. The molecule has 1 unspecified atom stereocenters. The molecule has 0 radical (unpaired) electrons. The van der Waals surface area contributed by atoms with Crippen molar-refractivity contribution >= 4 is 17.3 Å². The minimum absolute atomic E-state index is 0.127. The fourth-order valence-corrected chi connectivity index (χ4v) is 2.61. The van der Waals surface area contributed by atoms with Gasteiger partial charge in [-0.05, 0) is 25.3 Å². The van der Waals surface area contributed by atoms with Crippen molar-refractivity contribution in [2.45, 2.75) is 32.7 Å². The number of hydrogen-bond donors (Lipinski definition) is 1. The summed E-state index contributed by atoms with van der Waals surface area (Å²) in [6.45, 7) is 5.20. The number of nitro groups is 1. The molecule has 5 heteroatoms. The molecule has 0 bridgehead atoms. The Morgan fingerprint density at radius 1 is 1.47 bits per heavy atom. The maximum Gasteiger partial charge on any atom is 0.270 e. The minimum atomic E-state index is -0.361. The second kappa shape index (κ2) is 6.35. The van der Waals surface area contributed by atoms with Crippen LogP contribution in [0.5, 0.6) is 0 Å². The fraction of sp³-hybridized carbons (Fsp3) is 0.571. The highest BCUT2D eigenvalue weighted by Crippen LogP contribution is 2.27. The average Bonchev–Trinajstić information content (AvgIpc) is 3.16. The van der Waals surface area contributed by atoms with Crippen molar-refractivity contribution in [1.82, 2.24) is 0 Å². The number of hydrogen-bond acceptors (Lipinski definition) is 2. The van der Waals surface area contributed by atoms with E-state index in [2.05, 4.69) is 6.92 Å². The maximum atomic E-state index is 10.8. The smallest absolute Gasteiger partial charge is 0.270 e. The van der Waals surface area contributed by atoms with E-state index in [1.54, 1.807) is 12.1 Å². The number of nitro benzene ring substituents is 1. The van der Waals surface area contributed by atoms with Gasteiger partial charge >= 0.3 is 0 Å². The van der Waals surface area contributed by atoms with Gasteiger partial charge in [-0.3, -0.25) is 10.1 Å². The SMILES string of the molecule is CCC[NH+](Cc1cc([N+](=O)[O-])ccc1Cl)CC1CC1. The summed E-state index contributed by atoms with van der Waals surface area (Å²) in [6, 6.07) is 4.72. The highest BCUT2D eigenvalue weighted by atomic mass is 35.5. The van der Waals surface area contributed by atoms with Crippen LogP contribution < -0.4 is 4.90 Å². The van der Waals surface area contributed by atoms with Crippen molar-refractivity contribution in [2.75, 3.05) is 13.1 Å². The van der Waals surface area contributed by atoms with Crippen LogP contribution in [0.2, 0.25) is 5.02 Å². The van der Waals surface area contributed by atoms with E-state index in [0.29, 0.717) is 5.02 Å². The summed E-state index contributed by atoms with van der Waals surface area (Å²) in [6.07, 6.45) is 3.78.